The molecule has 0 aromatic heterocycles. The van der Waals surface area contributed by atoms with E-state index in [0.717, 1.165) is 32.3 Å². The molecule has 1 fully saturated rings. The van der Waals surface area contributed by atoms with Crippen LogP contribution in [0.15, 0.2) is 103 Å². The van der Waals surface area contributed by atoms with Crippen molar-refractivity contribution in [1.29, 1.82) is 0 Å². The van der Waals surface area contributed by atoms with Crippen LogP contribution in [-0.4, -0.2) is 32.7 Å². The first-order valence-corrected chi connectivity index (χ1v) is 13.1. The van der Waals surface area contributed by atoms with Crippen LogP contribution in [0.3, 0.4) is 0 Å². The second-order valence-corrected chi connectivity index (χ2v) is 10.4. The van der Waals surface area contributed by atoms with E-state index in [-0.39, 0.29) is 29.6 Å². The Kier molecular flexibility index (Phi) is 5.38. The molecular weight excluding hydrogens is 506 g/mol. The molecule has 196 valence electrons. The molecule has 3 amide bonds. The third-order valence-electron chi connectivity index (χ3n) is 8.38. The first-order chi connectivity index (χ1) is 19.5. The Morgan fingerprint density at radius 1 is 0.725 bits per heavy atom. The molecule has 8 nitrogen and oxygen atoms in total. The van der Waals surface area contributed by atoms with Crippen LogP contribution >= 0.6 is 0 Å². The van der Waals surface area contributed by atoms with Gasteiger partial charge in [-0.25, -0.2) is 5.01 Å². The fourth-order valence-electron chi connectivity index (χ4n) is 6.79. The maximum absolute atomic E-state index is 14.3. The van der Waals surface area contributed by atoms with E-state index in [4.69, 9.17) is 0 Å². The zero-order valence-electron chi connectivity index (χ0n) is 21.2. The van der Waals surface area contributed by atoms with Crippen molar-refractivity contribution < 1.29 is 19.3 Å². The van der Waals surface area contributed by atoms with Crippen LogP contribution in [0.5, 0.6) is 0 Å². The van der Waals surface area contributed by atoms with Gasteiger partial charge in [0, 0.05) is 29.5 Å². The lowest BCUT2D eigenvalue weighted by Crippen LogP contribution is -2.50. The number of imide groups is 1. The molecular formula is C32H23N3O5. The molecule has 4 aromatic carbocycles. The summed E-state index contributed by atoms with van der Waals surface area (Å²) in [4.78, 5) is 53.4. The minimum absolute atomic E-state index is 0.0233. The highest BCUT2D eigenvalue weighted by Gasteiger charge is 2.63. The Balaban J connectivity index is 1.35. The highest BCUT2D eigenvalue weighted by atomic mass is 16.6. The van der Waals surface area contributed by atoms with Gasteiger partial charge in [-0.3, -0.25) is 24.5 Å². The van der Waals surface area contributed by atoms with Crippen molar-refractivity contribution in [1.82, 2.24) is 10.0 Å². The van der Waals surface area contributed by atoms with Crippen LogP contribution < -0.4 is 0 Å². The van der Waals surface area contributed by atoms with Crippen molar-refractivity contribution >= 4 is 23.4 Å². The van der Waals surface area contributed by atoms with Gasteiger partial charge in [0.15, 0.2) is 0 Å². The molecule has 0 spiro atoms. The lowest BCUT2D eigenvalue weighted by molar-refractivity contribution is -0.384. The topological polar surface area (TPSA) is 101 Å². The fraction of sp³-hybridized carbons (Fsp3) is 0.156. The molecule has 4 aromatic rings. The number of non-ortho nitro benzene ring substituents is 1. The zero-order valence-corrected chi connectivity index (χ0v) is 21.2. The number of carbonyl (C=O) groups excluding carboxylic acids is 3. The summed E-state index contributed by atoms with van der Waals surface area (Å²) in [5, 5.41) is 13.6. The molecule has 1 aliphatic heterocycles. The molecule has 8 heteroatoms. The molecule has 4 aliphatic rings. The van der Waals surface area contributed by atoms with Crippen molar-refractivity contribution in [2.24, 2.45) is 11.8 Å². The predicted octanol–water partition coefficient (Wildman–Crippen LogP) is 5.04. The summed E-state index contributed by atoms with van der Waals surface area (Å²) in [6, 6.07) is 30.3. The van der Waals surface area contributed by atoms with E-state index in [1.165, 1.54) is 24.3 Å². The summed E-state index contributed by atoms with van der Waals surface area (Å²) in [5.74, 6) is -3.44. The van der Waals surface area contributed by atoms with Crippen molar-refractivity contribution in [2.75, 3.05) is 0 Å². The van der Waals surface area contributed by atoms with E-state index < -0.39 is 34.5 Å². The molecule has 0 N–H and O–H groups in total. The number of amides is 3. The monoisotopic (exact) mass is 529 g/mol. The van der Waals surface area contributed by atoms with Gasteiger partial charge in [0.2, 0.25) is 0 Å². The van der Waals surface area contributed by atoms with Crippen molar-refractivity contribution in [2.45, 2.75) is 18.4 Å². The fourth-order valence-corrected chi connectivity index (χ4v) is 6.79. The van der Waals surface area contributed by atoms with Gasteiger partial charge in [0.25, 0.3) is 23.4 Å². The molecule has 1 heterocycles. The van der Waals surface area contributed by atoms with E-state index >= 15 is 0 Å². The number of nitro groups is 1. The van der Waals surface area contributed by atoms with Crippen molar-refractivity contribution in [3.05, 3.63) is 147 Å². The molecule has 2 bridgehead atoms. The maximum atomic E-state index is 14.3. The minimum Gasteiger partial charge on any atom is -0.272 e. The number of hydrogen-bond donors (Lipinski definition) is 0. The maximum Gasteiger partial charge on any atom is 0.273 e. The number of nitro benzene ring substituents is 1. The summed E-state index contributed by atoms with van der Waals surface area (Å²) in [7, 11) is 0. The van der Waals surface area contributed by atoms with Gasteiger partial charge in [-0.15, -0.1) is 0 Å². The average molecular weight is 530 g/mol. The number of benzene rings is 4. The Bertz CT molecular complexity index is 1600. The number of rotatable bonds is 5. The van der Waals surface area contributed by atoms with Gasteiger partial charge in [-0.2, -0.15) is 5.01 Å². The van der Waals surface area contributed by atoms with Crippen LogP contribution in [0, 0.1) is 22.0 Å². The van der Waals surface area contributed by atoms with Gasteiger partial charge in [0.05, 0.1) is 23.3 Å². The second kappa shape index (κ2) is 8.98. The molecule has 8 rings (SSSR count). The van der Waals surface area contributed by atoms with Gasteiger partial charge >= 0.3 is 0 Å². The molecule has 0 unspecified atom stereocenters. The Morgan fingerprint density at radius 3 is 1.73 bits per heavy atom. The SMILES string of the molecule is O=C(c1cccc([N+](=O)[O-])c1)N(Cc1ccccc1)N1C(=O)[C@H]2C3c4ccccc4C(c4ccccc43)[C@@H]2C1=O. The lowest BCUT2D eigenvalue weighted by atomic mass is 9.55. The van der Waals surface area contributed by atoms with E-state index in [1.807, 2.05) is 66.7 Å². The Labute approximate surface area is 229 Å². The zero-order chi connectivity index (χ0) is 27.5. The average Bonchev–Trinajstić information content (AvgIpc) is 3.26. The van der Waals surface area contributed by atoms with Gasteiger partial charge < -0.3 is 0 Å². The molecule has 1 saturated heterocycles. The summed E-state index contributed by atoms with van der Waals surface area (Å²) < 4.78 is 0. The van der Waals surface area contributed by atoms with Crippen LogP contribution in [0.25, 0.3) is 0 Å². The normalized spacial score (nSPS) is 21.9. The Morgan fingerprint density at radius 2 is 1.23 bits per heavy atom. The van der Waals surface area contributed by atoms with Crippen LogP contribution in [0.1, 0.15) is 50.0 Å². The standard InChI is InChI=1S/C32H23N3O5/c36-30(20-11-8-12-21(17-20)35(39)40)33(18-19-9-2-1-3-10-19)34-31(37)28-26-22-13-4-5-14-23(22)27(29(28)32(34)38)25-16-7-6-15-24(25)26/h1-17,26-29H,18H2/t26?,27?,28-,29-/m0/s1. The first-order valence-electron chi connectivity index (χ1n) is 13.1. The van der Waals surface area contributed by atoms with Crippen molar-refractivity contribution in [3.8, 4) is 0 Å². The van der Waals surface area contributed by atoms with Crippen molar-refractivity contribution in [3.63, 3.8) is 0 Å². The van der Waals surface area contributed by atoms with Crippen LogP contribution in [-0.2, 0) is 16.1 Å². The molecule has 2 atom stereocenters. The molecule has 0 radical (unpaired) electrons. The third kappa shape index (κ3) is 3.42. The quantitative estimate of drug-likeness (QED) is 0.205. The number of nitrogens with zero attached hydrogens (tertiary/aromatic N) is 3. The largest absolute Gasteiger partial charge is 0.273 e. The third-order valence-corrected chi connectivity index (χ3v) is 8.38. The molecule has 3 aliphatic carbocycles. The Hall–Kier alpha value is -5.11. The van der Waals surface area contributed by atoms with Crippen LogP contribution in [0.4, 0.5) is 5.69 Å². The number of hydrazine groups is 1. The predicted molar refractivity (Wildman–Crippen MR) is 145 cm³/mol. The van der Waals surface area contributed by atoms with E-state index in [9.17, 15) is 24.5 Å². The number of carbonyl (C=O) groups is 3. The molecule has 0 saturated carbocycles. The summed E-state index contributed by atoms with van der Waals surface area (Å²) in [5.41, 5.74) is 4.64. The second-order valence-electron chi connectivity index (χ2n) is 10.4. The van der Waals surface area contributed by atoms with Crippen LogP contribution in [0.2, 0.25) is 0 Å². The minimum atomic E-state index is -0.657. The first kappa shape index (κ1) is 24.0. The van der Waals surface area contributed by atoms with Gasteiger partial charge in [0.1, 0.15) is 0 Å². The van der Waals surface area contributed by atoms with Gasteiger partial charge in [-0.05, 0) is 33.9 Å². The van der Waals surface area contributed by atoms with E-state index in [0.29, 0.717) is 5.56 Å². The van der Waals surface area contributed by atoms with E-state index in [1.54, 1.807) is 12.1 Å². The highest BCUT2D eigenvalue weighted by Crippen LogP contribution is 2.61. The number of hydrogen-bond acceptors (Lipinski definition) is 5. The summed E-state index contributed by atoms with van der Waals surface area (Å²) >= 11 is 0. The summed E-state index contributed by atoms with van der Waals surface area (Å²) in [6.45, 7) is -0.0471. The molecule has 40 heavy (non-hydrogen) atoms. The van der Waals surface area contributed by atoms with Gasteiger partial charge in [-0.1, -0.05) is 84.9 Å². The van der Waals surface area contributed by atoms with E-state index in [2.05, 4.69) is 0 Å². The highest BCUT2D eigenvalue weighted by molar-refractivity contribution is 6.09. The smallest absolute Gasteiger partial charge is 0.272 e. The summed E-state index contributed by atoms with van der Waals surface area (Å²) in [6.07, 6.45) is 0. The lowest BCUT2D eigenvalue weighted by Gasteiger charge is -2.45.